The first-order valence-electron chi connectivity index (χ1n) is 10.2. The molecule has 2 rings (SSSR count). The predicted octanol–water partition coefficient (Wildman–Crippen LogP) is 8.09. The fourth-order valence-corrected chi connectivity index (χ4v) is 4.73. The number of rotatable bonds is 5. The summed E-state index contributed by atoms with van der Waals surface area (Å²) < 4.78 is 0. The molecule has 0 atom stereocenters. The molecule has 0 saturated carbocycles. The lowest BCUT2D eigenvalue weighted by Gasteiger charge is -2.27. The van der Waals surface area contributed by atoms with Crippen LogP contribution in [0.4, 0.5) is 0 Å². The molecule has 0 spiro atoms. The quantitative estimate of drug-likeness (QED) is 0.565. The maximum Gasteiger partial charge on any atom is 0.0494 e. The van der Waals surface area contributed by atoms with Crippen molar-refractivity contribution < 1.29 is 0 Å². The van der Waals surface area contributed by atoms with Crippen LogP contribution < -0.4 is 0 Å². The summed E-state index contributed by atoms with van der Waals surface area (Å²) >= 11 is 0. The van der Waals surface area contributed by atoms with Crippen LogP contribution in [-0.2, 0) is 0 Å². The molecule has 0 saturated heterocycles. The van der Waals surface area contributed by atoms with Crippen molar-refractivity contribution in [2.45, 2.75) is 106 Å². The topological polar surface area (TPSA) is 15.8 Å². The van der Waals surface area contributed by atoms with Crippen molar-refractivity contribution in [2.24, 2.45) is 0 Å². The molecular formula is C24H39N. The molecule has 0 aliphatic heterocycles. The molecule has 0 bridgehead atoms. The molecule has 0 unspecified atom stereocenters. The Kier molecular flexibility index (Phi) is 5.76. The number of H-pyrrole nitrogens is 1. The minimum absolute atomic E-state index is 0.522. The number of aromatic nitrogens is 1. The van der Waals surface area contributed by atoms with E-state index in [1.54, 1.807) is 22.3 Å². The van der Waals surface area contributed by atoms with Crippen LogP contribution in [0.3, 0.4) is 0 Å². The van der Waals surface area contributed by atoms with E-state index in [0.29, 0.717) is 29.6 Å². The van der Waals surface area contributed by atoms with Gasteiger partial charge < -0.3 is 4.98 Å². The third-order valence-corrected chi connectivity index (χ3v) is 5.58. The van der Waals surface area contributed by atoms with Gasteiger partial charge in [0.15, 0.2) is 0 Å². The molecule has 1 heterocycles. The summed E-state index contributed by atoms with van der Waals surface area (Å²) in [5, 5.41) is 1.53. The van der Waals surface area contributed by atoms with Gasteiger partial charge in [-0.15, -0.1) is 0 Å². The molecule has 0 aliphatic rings. The zero-order chi connectivity index (χ0) is 19.2. The number of hydrogen-bond acceptors (Lipinski definition) is 0. The normalized spacial score (nSPS) is 12.8. The van der Waals surface area contributed by atoms with E-state index in [4.69, 9.17) is 0 Å². The maximum atomic E-state index is 3.87. The lowest BCUT2D eigenvalue weighted by molar-refractivity contribution is 0.748. The fourth-order valence-electron chi connectivity index (χ4n) is 4.73. The number of fused-ring (bicyclic) bond motifs is 1. The standard InChI is InChI=1S/C24H39N/c1-12(2)18-17(11)24-22(20(14(5)6)19(18)13(3)4)21(15(7)8)23(25-24)16(9)10/h12-16,25H,1-11H3. The van der Waals surface area contributed by atoms with Gasteiger partial charge in [0.05, 0.1) is 0 Å². The highest BCUT2D eigenvalue weighted by Crippen LogP contribution is 2.45. The van der Waals surface area contributed by atoms with E-state index in [1.807, 2.05) is 0 Å². The van der Waals surface area contributed by atoms with Crippen molar-refractivity contribution in [2.75, 3.05) is 0 Å². The third kappa shape index (κ3) is 3.27. The van der Waals surface area contributed by atoms with Crippen LogP contribution in [0.1, 0.15) is 132 Å². The summed E-state index contributed by atoms with van der Waals surface area (Å²) in [6, 6.07) is 0. The Morgan fingerprint density at radius 2 is 0.960 bits per heavy atom. The molecule has 0 amide bonds. The highest BCUT2D eigenvalue weighted by Gasteiger charge is 2.28. The van der Waals surface area contributed by atoms with Gasteiger partial charge in [-0.05, 0) is 64.3 Å². The molecule has 0 fully saturated rings. The fraction of sp³-hybridized carbons (Fsp3) is 0.667. The Balaban J connectivity index is 3.17. The minimum Gasteiger partial charge on any atom is -0.358 e. The van der Waals surface area contributed by atoms with Crippen LogP contribution in [0.5, 0.6) is 0 Å². The van der Waals surface area contributed by atoms with Crippen LogP contribution in [0.2, 0.25) is 0 Å². The number of benzene rings is 1. The lowest BCUT2D eigenvalue weighted by atomic mass is 9.77. The first-order valence-corrected chi connectivity index (χ1v) is 10.2. The van der Waals surface area contributed by atoms with Gasteiger partial charge >= 0.3 is 0 Å². The van der Waals surface area contributed by atoms with E-state index in [9.17, 15) is 0 Å². The van der Waals surface area contributed by atoms with E-state index >= 15 is 0 Å². The first-order chi connectivity index (χ1) is 11.5. The molecule has 1 nitrogen and oxygen atoms in total. The molecule has 1 heteroatoms. The zero-order valence-corrected chi connectivity index (χ0v) is 18.4. The summed E-state index contributed by atoms with van der Waals surface area (Å²) in [6.07, 6.45) is 0. The summed E-state index contributed by atoms with van der Waals surface area (Å²) in [5.41, 5.74) is 10.6. The van der Waals surface area contributed by atoms with Crippen molar-refractivity contribution >= 4 is 10.9 Å². The summed E-state index contributed by atoms with van der Waals surface area (Å²) in [6.45, 7) is 25.8. The highest BCUT2D eigenvalue weighted by molar-refractivity contribution is 5.94. The lowest BCUT2D eigenvalue weighted by Crippen LogP contribution is -2.09. The molecule has 1 N–H and O–H groups in total. The molecule has 0 radical (unpaired) electrons. The van der Waals surface area contributed by atoms with Gasteiger partial charge in [0.2, 0.25) is 0 Å². The smallest absolute Gasteiger partial charge is 0.0494 e. The summed E-state index contributed by atoms with van der Waals surface area (Å²) in [5.74, 6) is 2.69. The zero-order valence-electron chi connectivity index (χ0n) is 18.4. The van der Waals surface area contributed by atoms with Crippen LogP contribution >= 0.6 is 0 Å². The van der Waals surface area contributed by atoms with Gasteiger partial charge in [0, 0.05) is 16.6 Å². The van der Waals surface area contributed by atoms with Gasteiger partial charge in [-0.1, -0.05) is 69.2 Å². The second-order valence-electron chi connectivity index (χ2n) is 9.34. The van der Waals surface area contributed by atoms with E-state index in [1.165, 1.54) is 22.2 Å². The van der Waals surface area contributed by atoms with Crippen molar-refractivity contribution in [3.05, 3.63) is 33.5 Å². The molecule has 1 aromatic heterocycles. The van der Waals surface area contributed by atoms with Crippen LogP contribution in [0.25, 0.3) is 10.9 Å². The van der Waals surface area contributed by atoms with Gasteiger partial charge in [-0.3, -0.25) is 0 Å². The SMILES string of the molecule is Cc1c(C(C)C)c(C(C)C)c(C(C)C)c2c(C(C)C)c(C(C)C)[nH]c12. The Morgan fingerprint density at radius 3 is 1.32 bits per heavy atom. The second kappa shape index (κ2) is 7.17. The summed E-state index contributed by atoms with van der Waals surface area (Å²) in [7, 11) is 0. The Morgan fingerprint density at radius 1 is 0.520 bits per heavy atom. The van der Waals surface area contributed by atoms with Crippen molar-refractivity contribution in [1.29, 1.82) is 0 Å². The first kappa shape index (κ1) is 20.1. The number of aromatic amines is 1. The summed E-state index contributed by atoms with van der Waals surface area (Å²) in [4.78, 5) is 3.87. The van der Waals surface area contributed by atoms with Gasteiger partial charge in [-0.25, -0.2) is 0 Å². The Bertz CT molecular complexity index is 754. The largest absolute Gasteiger partial charge is 0.358 e. The van der Waals surface area contributed by atoms with Crippen LogP contribution in [0.15, 0.2) is 0 Å². The molecule has 0 aliphatic carbocycles. The van der Waals surface area contributed by atoms with Gasteiger partial charge in [0.25, 0.3) is 0 Å². The molecular weight excluding hydrogens is 302 g/mol. The van der Waals surface area contributed by atoms with Crippen LogP contribution in [0, 0.1) is 6.92 Å². The number of nitrogens with one attached hydrogen (secondary N) is 1. The minimum atomic E-state index is 0.522. The molecule has 1 aromatic carbocycles. The van der Waals surface area contributed by atoms with E-state index in [-0.39, 0.29) is 0 Å². The van der Waals surface area contributed by atoms with E-state index < -0.39 is 0 Å². The van der Waals surface area contributed by atoms with Gasteiger partial charge in [0.1, 0.15) is 0 Å². The third-order valence-electron chi connectivity index (χ3n) is 5.58. The average molecular weight is 342 g/mol. The predicted molar refractivity (Wildman–Crippen MR) is 113 cm³/mol. The Labute approximate surface area is 155 Å². The highest BCUT2D eigenvalue weighted by atomic mass is 14.7. The van der Waals surface area contributed by atoms with Gasteiger partial charge in [-0.2, -0.15) is 0 Å². The Hall–Kier alpha value is -1.24. The van der Waals surface area contributed by atoms with Crippen LogP contribution in [-0.4, -0.2) is 4.98 Å². The second-order valence-corrected chi connectivity index (χ2v) is 9.34. The van der Waals surface area contributed by atoms with Crippen molar-refractivity contribution in [3.63, 3.8) is 0 Å². The van der Waals surface area contributed by atoms with Crippen molar-refractivity contribution in [1.82, 2.24) is 4.98 Å². The average Bonchev–Trinajstić information content (AvgIpc) is 2.86. The van der Waals surface area contributed by atoms with Crippen molar-refractivity contribution in [3.8, 4) is 0 Å². The van der Waals surface area contributed by atoms with E-state index in [2.05, 4.69) is 81.1 Å². The molecule has 25 heavy (non-hydrogen) atoms. The molecule has 2 aromatic rings. The number of hydrogen-bond donors (Lipinski definition) is 1. The molecule has 140 valence electrons. The maximum absolute atomic E-state index is 3.87. The monoisotopic (exact) mass is 341 g/mol. The van der Waals surface area contributed by atoms with E-state index in [0.717, 1.165) is 0 Å². The number of aryl methyl sites for hydroxylation is 1.